The zero-order valence-electron chi connectivity index (χ0n) is 16.5. The molecule has 0 aromatic carbocycles. The van der Waals surface area contributed by atoms with Crippen molar-refractivity contribution in [1.29, 1.82) is 0 Å². The Bertz CT molecular complexity index is 331. The van der Waals surface area contributed by atoms with E-state index in [9.17, 15) is 13.6 Å². The maximum Gasteiger partial charge on any atom is 0.248 e. The Morgan fingerprint density at radius 1 is 0.760 bits per heavy atom. The number of carbonyl (C=O) groups excluding carboxylic acids is 1. The highest BCUT2D eigenvalue weighted by molar-refractivity contribution is 5.81. The van der Waals surface area contributed by atoms with Crippen LogP contribution in [0.2, 0.25) is 0 Å². The SMILES string of the molecule is CCCCCCCCCCCCCCCC(=O)C1CCC(F)(F)CC1. The van der Waals surface area contributed by atoms with Gasteiger partial charge in [0, 0.05) is 25.2 Å². The molecule has 25 heavy (non-hydrogen) atoms. The van der Waals surface area contributed by atoms with Crippen LogP contribution in [0.15, 0.2) is 0 Å². The van der Waals surface area contributed by atoms with Crippen molar-refractivity contribution in [3.8, 4) is 0 Å². The average molecular weight is 359 g/mol. The zero-order valence-corrected chi connectivity index (χ0v) is 16.5. The summed E-state index contributed by atoms with van der Waals surface area (Å²) in [5.74, 6) is -2.37. The van der Waals surface area contributed by atoms with Crippen LogP contribution in [0.3, 0.4) is 0 Å². The van der Waals surface area contributed by atoms with Crippen LogP contribution in [0, 0.1) is 5.92 Å². The molecule has 0 atom stereocenters. The van der Waals surface area contributed by atoms with E-state index in [1.54, 1.807) is 0 Å². The van der Waals surface area contributed by atoms with Crippen molar-refractivity contribution < 1.29 is 13.6 Å². The molecule has 1 aliphatic carbocycles. The lowest BCUT2D eigenvalue weighted by Gasteiger charge is -2.27. The lowest BCUT2D eigenvalue weighted by atomic mass is 9.83. The molecule has 0 aromatic heterocycles. The summed E-state index contributed by atoms with van der Waals surface area (Å²) in [6.07, 6.45) is 18.1. The first-order valence-corrected chi connectivity index (χ1v) is 11.0. The van der Waals surface area contributed by atoms with Crippen molar-refractivity contribution in [3.05, 3.63) is 0 Å². The average Bonchev–Trinajstić information content (AvgIpc) is 2.58. The minimum atomic E-state index is -2.52. The Hall–Kier alpha value is -0.470. The van der Waals surface area contributed by atoms with E-state index in [0.717, 1.165) is 12.8 Å². The Morgan fingerprint density at radius 2 is 1.16 bits per heavy atom. The second-order valence-corrected chi connectivity index (χ2v) is 8.09. The molecule has 0 radical (unpaired) electrons. The molecular formula is C22H40F2O. The molecule has 1 rings (SSSR count). The fourth-order valence-corrected chi connectivity index (χ4v) is 3.88. The van der Waals surface area contributed by atoms with E-state index in [4.69, 9.17) is 0 Å². The van der Waals surface area contributed by atoms with E-state index < -0.39 is 5.92 Å². The third kappa shape index (κ3) is 11.7. The standard InChI is InChI=1S/C22H40F2O/c1-2-3-4-5-6-7-8-9-10-11-12-13-14-15-21(25)20-16-18-22(23,24)19-17-20/h20H,2-19H2,1H3. The number of ketones is 1. The molecule has 0 aliphatic heterocycles. The second kappa shape index (κ2) is 13.7. The van der Waals surface area contributed by atoms with Crippen LogP contribution in [0.25, 0.3) is 0 Å². The lowest BCUT2D eigenvalue weighted by Crippen LogP contribution is -2.28. The molecular weight excluding hydrogens is 318 g/mol. The summed E-state index contributed by atoms with van der Waals surface area (Å²) in [7, 11) is 0. The molecule has 0 saturated heterocycles. The van der Waals surface area contributed by atoms with Crippen LogP contribution >= 0.6 is 0 Å². The third-order valence-electron chi connectivity index (χ3n) is 5.70. The molecule has 1 saturated carbocycles. The number of hydrogen-bond donors (Lipinski definition) is 0. The smallest absolute Gasteiger partial charge is 0.248 e. The van der Waals surface area contributed by atoms with Gasteiger partial charge in [0.15, 0.2) is 0 Å². The maximum atomic E-state index is 13.1. The quantitative estimate of drug-likeness (QED) is 0.272. The first-order valence-electron chi connectivity index (χ1n) is 11.0. The molecule has 0 bridgehead atoms. The molecule has 0 spiro atoms. The highest BCUT2D eigenvalue weighted by atomic mass is 19.3. The fraction of sp³-hybridized carbons (Fsp3) is 0.955. The van der Waals surface area contributed by atoms with Crippen LogP contribution < -0.4 is 0 Å². The van der Waals surface area contributed by atoms with Gasteiger partial charge in [-0.2, -0.15) is 0 Å². The minimum absolute atomic E-state index is 0.0862. The normalized spacial score (nSPS) is 17.7. The van der Waals surface area contributed by atoms with Crippen LogP contribution in [-0.2, 0) is 4.79 Å². The summed E-state index contributed by atoms with van der Waals surface area (Å²) in [4.78, 5) is 12.1. The molecule has 148 valence electrons. The number of rotatable bonds is 15. The molecule has 1 fully saturated rings. The van der Waals surface area contributed by atoms with Gasteiger partial charge in [0.1, 0.15) is 5.78 Å². The number of alkyl halides is 2. The van der Waals surface area contributed by atoms with Crippen molar-refractivity contribution in [2.45, 2.75) is 128 Å². The molecule has 1 aliphatic rings. The van der Waals surface area contributed by atoms with Gasteiger partial charge < -0.3 is 0 Å². The molecule has 3 heteroatoms. The van der Waals surface area contributed by atoms with Gasteiger partial charge in [-0.1, -0.05) is 84.0 Å². The van der Waals surface area contributed by atoms with E-state index in [1.807, 2.05) is 0 Å². The van der Waals surface area contributed by atoms with Gasteiger partial charge in [-0.25, -0.2) is 8.78 Å². The summed E-state index contributed by atoms with van der Waals surface area (Å²) in [6, 6.07) is 0. The topological polar surface area (TPSA) is 17.1 Å². The monoisotopic (exact) mass is 358 g/mol. The maximum absolute atomic E-state index is 13.1. The van der Waals surface area contributed by atoms with Crippen molar-refractivity contribution in [3.63, 3.8) is 0 Å². The molecule has 0 aromatic rings. The molecule has 0 unspecified atom stereocenters. The van der Waals surface area contributed by atoms with Crippen LogP contribution in [0.4, 0.5) is 8.78 Å². The summed E-state index contributed by atoms with van der Waals surface area (Å²) in [5, 5.41) is 0. The molecule has 0 amide bonds. The number of hydrogen-bond acceptors (Lipinski definition) is 1. The fourth-order valence-electron chi connectivity index (χ4n) is 3.88. The Labute approximate surface area is 154 Å². The van der Waals surface area contributed by atoms with Crippen LogP contribution in [0.1, 0.15) is 122 Å². The predicted molar refractivity (Wildman–Crippen MR) is 102 cm³/mol. The largest absolute Gasteiger partial charge is 0.299 e. The number of unbranched alkanes of at least 4 members (excludes halogenated alkanes) is 12. The van der Waals surface area contributed by atoms with Crippen molar-refractivity contribution in [2.75, 3.05) is 0 Å². The van der Waals surface area contributed by atoms with E-state index >= 15 is 0 Å². The minimum Gasteiger partial charge on any atom is -0.299 e. The zero-order chi connectivity index (χ0) is 18.4. The summed E-state index contributed by atoms with van der Waals surface area (Å²) in [5.41, 5.74) is 0. The summed E-state index contributed by atoms with van der Waals surface area (Å²) < 4.78 is 26.2. The van der Waals surface area contributed by atoms with Gasteiger partial charge in [-0.15, -0.1) is 0 Å². The van der Waals surface area contributed by atoms with Gasteiger partial charge in [0.05, 0.1) is 0 Å². The first kappa shape index (κ1) is 22.6. The lowest BCUT2D eigenvalue weighted by molar-refractivity contribution is -0.127. The van der Waals surface area contributed by atoms with Crippen molar-refractivity contribution in [2.24, 2.45) is 5.92 Å². The number of halogens is 2. The van der Waals surface area contributed by atoms with Crippen LogP contribution in [0.5, 0.6) is 0 Å². The first-order chi connectivity index (χ1) is 12.0. The highest BCUT2D eigenvalue weighted by Gasteiger charge is 2.36. The molecule has 0 N–H and O–H groups in total. The molecule has 1 nitrogen and oxygen atoms in total. The van der Waals surface area contributed by atoms with Crippen LogP contribution in [-0.4, -0.2) is 11.7 Å². The van der Waals surface area contributed by atoms with Gasteiger partial charge in [0.25, 0.3) is 0 Å². The summed E-state index contributed by atoms with van der Waals surface area (Å²) >= 11 is 0. The predicted octanol–water partition coefficient (Wildman–Crippen LogP) is 7.86. The van der Waals surface area contributed by atoms with Gasteiger partial charge in [0.2, 0.25) is 5.92 Å². The van der Waals surface area contributed by atoms with E-state index in [-0.39, 0.29) is 24.5 Å². The number of Topliss-reactive ketones (excluding diaryl/α,β-unsaturated/α-hetero) is 1. The van der Waals surface area contributed by atoms with E-state index in [0.29, 0.717) is 19.3 Å². The van der Waals surface area contributed by atoms with Crippen molar-refractivity contribution >= 4 is 5.78 Å². The van der Waals surface area contributed by atoms with E-state index in [1.165, 1.54) is 70.6 Å². The third-order valence-corrected chi connectivity index (χ3v) is 5.70. The second-order valence-electron chi connectivity index (χ2n) is 8.09. The summed E-state index contributed by atoms with van der Waals surface area (Å²) in [6.45, 7) is 2.26. The Kier molecular flexibility index (Phi) is 12.4. The highest BCUT2D eigenvalue weighted by Crippen LogP contribution is 2.37. The van der Waals surface area contributed by atoms with Gasteiger partial charge in [-0.3, -0.25) is 4.79 Å². The number of carbonyl (C=O) groups is 1. The van der Waals surface area contributed by atoms with Crippen molar-refractivity contribution in [1.82, 2.24) is 0 Å². The van der Waals surface area contributed by atoms with Gasteiger partial charge >= 0.3 is 0 Å². The van der Waals surface area contributed by atoms with Gasteiger partial charge in [-0.05, 0) is 19.3 Å². The Balaban J connectivity index is 1.83. The van der Waals surface area contributed by atoms with E-state index in [2.05, 4.69) is 6.92 Å². The Morgan fingerprint density at radius 3 is 1.60 bits per heavy atom. The molecule has 0 heterocycles.